The van der Waals surface area contributed by atoms with Gasteiger partial charge in [-0.1, -0.05) is 0 Å². The number of aromatic amines is 1. The van der Waals surface area contributed by atoms with Crippen LogP contribution in [0.15, 0.2) is 21.9 Å². The van der Waals surface area contributed by atoms with Crippen LogP contribution in [-0.4, -0.2) is 57.2 Å². The number of nitrogens with zero attached hydrogens (tertiary/aromatic N) is 1. The van der Waals surface area contributed by atoms with Crippen molar-refractivity contribution in [3.8, 4) is 0 Å². The molecule has 4 atom stereocenters. The summed E-state index contributed by atoms with van der Waals surface area (Å²) in [5, 5.41) is 10.6. The number of ether oxygens (including phenoxy) is 3. The van der Waals surface area contributed by atoms with E-state index in [1.807, 2.05) is 4.98 Å². The van der Waals surface area contributed by atoms with Crippen molar-refractivity contribution in [3.63, 3.8) is 0 Å². The summed E-state index contributed by atoms with van der Waals surface area (Å²) in [4.78, 5) is 47.1. The van der Waals surface area contributed by atoms with Gasteiger partial charge >= 0.3 is 23.8 Å². The van der Waals surface area contributed by atoms with Gasteiger partial charge < -0.3 is 19.3 Å². The van der Waals surface area contributed by atoms with E-state index in [9.17, 15) is 37.5 Å². The lowest BCUT2D eigenvalue weighted by Gasteiger charge is -2.30. The van der Waals surface area contributed by atoms with Crippen LogP contribution in [0.2, 0.25) is 0 Å². The van der Waals surface area contributed by atoms with Crippen LogP contribution in [0.4, 0.5) is 13.2 Å². The Kier molecular flexibility index (Phi) is 5.47. The van der Waals surface area contributed by atoms with Crippen molar-refractivity contribution in [2.75, 3.05) is 6.61 Å². The molecule has 0 spiro atoms. The molecule has 1 saturated heterocycles. The first-order chi connectivity index (χ1) is 12.3. The van der Waals surface area contributed by atoms with Crippen LogP contribution in [0.25, 0.3) is 0 Å². The van der Waals surface area contributed by atoms with Gasteiger partial charge in [-0.25, -0.2) is 9.59 Å². The highest BCUT2D eigenvalue weighted by Gasteiger charge is 2.58. The van der Waals surface area contributed by atoms with E-state index in [1.165, 1.54) is 0 Å². The van der Waals surface area contributed by atoms with Crippen LogP contribution in [-0.2, 0) is 23.8 Å². The first kappa shape index (κ1) is 20.6. The van der Waals surface area contributed by atoms with Crippen molar-refractivity contribution in [2.24, 2.45) is 0 Å². The van der Waals surface area contributed by atoms with Crippen LogP contribution >= 0.6 is 0 Å². The Labute approximate surface area is 148 Å². The molecule has 0 saturated carbocycles. The molecule has 1 aliphatic heterocycles. The number of hydrogen-bond acceptors (Lipinski definition) is 8. The molecule has 1 aliphatic rings. The van der Waals surface area contributed by atoms with E-state index in [2.05, 4.69) is 9.47 Å². The first-order valence-electron chi connectivity index (χ1n) is 7.44. The number of aliphatic hydroxyl groups is 1. The van der Waals surface area contributed by atoms with Gasteiger partial charge in [-0.3, -0.25) is 19.1 Å². The van der Waals surface area contributed by atoms with Gasteiger partial charge in [0, 0.05) is 19.2 Å². The zero-order valence-electron chi connectivity index (χ0n) is 14.0. The Bertz CT molecular complexity index is 844. The maximum atomic E-state index is 12.5. The van der Waals surface area contributed by atoms with E-state index in [0.717, 1.165) is 26.1 Å². The molecular weight excluding hydrogens is 381 g/mol. The fourth-order valence-corrected chi connectivity index (χ4v) is 2.55. The highest BCUT2D eigenvalue weighted by molar-refractivity contribution is 5.76. The highest BCUT2D eigenvalue weighted by Crippen LogP contribution is 2.40. The smallest absolute Gasteiger partial charge is 0.463 e. The molecule has 1 fully saturated rings. The number of esters is 2. The van der Waals surface area contributed by atoms with E-state index in [-0.39, 0.29) is 0 Å². The molecule has 2 N–H and O–H groups in total. The molecule has 0 aromatic carbocycles. The molecule has 1 unspecified atom stereocenters. The van der Waals surface area contributed by atoms with Gasteiger partial charge in [-0.05, 0) is 6.92 Å². The number of alkyl halides is 3. The topological polar surface area (TPSA) is 137 Å². The van der Waals surface area contributed by atoms with Crippen molar-refractivity contribution in [2.45, 2.75) is 44.1 Å². The van der Waals surface area contributed by atoms with Crippen LogP contribution in [0, 0.1) is 0 Å². The molecule has 2 heterocycles. The molecule has 1 aromatic rings. The first-order valence-corrected chi connectivity index (χ1v) is 7.44. The van der Waals surface area contributed by atoms with Crippen molar-refractivity contribution in [1.29, 1.82) is 0 Å². The second kappa shape index (κ2) is 7.15. The summed E-state index contributed by atoms with van der Waals surface area (Å²) in [7, 11) is 0. The lowest BCUT2D eigenvalue weighted by Crippen LogP contribution is -2.50. The third-order valence-corrected chi connectivity index (χ3v) is 3.74. The van der Waals surface area contributed by atoms with Gasteiger partial charge in [0.1, 0.15) is 18.3 Å². The largest absolute Gasteiger partial charge is 0.490 e. The average Bonchev–Trinajstić information content (AvgIpc) is 2.76. The van der Waals surface area contributed by atoms with Crippen molar-refractivity contribution < 1.29 is 42.1 Å². The minimum absolute atomic E-state index is 0.657. The summed E-state index contributed by atoms with van der Waals surface area (Å²) in [6.07, 6.45) is -9.51. The Morgan fingerprint density at radius 1 is 1.41 bits per heavy atom. The van der Waals surface area contributed by atoms with E-state index in [1.54, 1.807) is 0 Å². The number of carbonyl (C=O) groups is 2. The zero-order valence-corrected chi connectivity index (χ0v) is 14.0. The van der Waals surface area contributed by atoms with E-state index in [0.29, 0.717) is 4.57 Å². The van der Waals surface area contributed by atoms with Crippen LogP contribution in [0.3, 0.4) is 0 Å². The van der Waals surface area contributed by atoms with E-state index in [4.69, 9.17) is 4.74 Å². The summed E-state index contributed by atoms with van der Waals surface area (Å²) in [6.45, 7) is 1.33. The lowest BCUT2D eigenvalue weighted by atomic mass is 9.96. The van der Waals surface area contributed by atoms with Gasteiger partial charge in [-0.2, -0.15) is 13.2 Å². The SMILES string of the molecule is CC(=O)OC[C@H]1OC(n2ccc(=O)[nH]c2=O)[C@@](C)(O)[C@@H]1OC(=O)C(F)(F)F. The summed E-state index contributed by atoms with van der Waals surface area (Å²) in [6, 6.07) is 0.914. The van der Waals surface area contributed by atoms with Gasteiger partial charge in [0.05, 0.1) is 0 Å². The zero-order chi connectivity index (χ0) is 20.6. The maximum absolute atomic E-state index is 12.5. The van der Waals surface area contributed by atoms with Gasteiger partial charge in [0.15, 0.2) is 12.3 Å². The van der Waals surface area contributed by atoms with Gasteiger partial charge in [-0.15, -0.1) is 0 Å². The predicted octanol–water partition coefficient (Wildman–Crippen LogP) is -0.778. The van der Waals surface area contributed by atoms with Crippen molar-refractivity contribution in [1.82, 2.24) is 9.55 Å². The number of H-pyrrole nitrogens is 1. The van der Waals surface area contributed by atoms with Gasteiger partial charge in [0.25, 0.3) is 5.56 Å². The Morgan fingerprint density at radius 3 is 2.56 bits per heavy atom. The quantitative estimate of drug-likeness (QED) is 0.633. The molecule has 13 heteroatoms. The Hall–Kier alpha value is -2.67. The fourth-order valence-electron chi connectivity index (χ4n) is 2.55. The summed E-state index contributed by atoms with van der Waals surface area (Å²) < 4.78 is 52.7. The van der Waals surface area contributed by atoms with Gasteiger partial charge in [0.2, 0.25) is 0 Å². The van der Waals surface area contributed by atoms with Crippen molar-refractivity contribution in [3.05, 3.63) is 33.1 Å². The van der Waals surface area contributed by atoms with Crippen LogP contribution in [0.1, 0.15) is 20.1 Å². The number of carbonyl (C=O) groups excluding carboxylic acids is 2. The molecule has 0 aliphatic carbocycles. The molecule has 0 amide bonds. The number of halogens is 3. The van der Waals surface area contributed by atoms with Crippen LogP contribution in [0.5, 0.6) is 0 Å². The molecule has 150 valence electrons. The summed E-state index contributed by atoms with van der Waals surface area (Å²) in [5.41, 5.74) is -4.12. The lowest BCUT2D eigenvalue weighted by molar-refractivity contribution is -0.215. The van der Waals surface area contributed by atoms with Crippen LogP contribution < -0.4 is 11.2 Å². The maximum Gasteiger partial charge on any atom is 0.490 e. The molecule has 1 aromatic heterocycles. The minimum Gasteiger partial charge on any atom is -0.463 e. The monoisotopic (exact) mass is 396 g/mol. The molecule has 0 bridgehead atoms. The number of hydrogen-bond donors (Lipinski definition) is 2. The fraction of sp³-hybridized carbons (Fsp3) is 0.571. The third kappa shape index (κ3) is 4.36. The molecule has 2 rings (SSSR count). The minimum atomic E-state index is -5.35. The second-order valence-electron chi connectivity index (χ2n) is 5.90. The van der Waals surface area contributed by atoms with E-state index >= 15 is 0 Å². The number of rotatable bonds is 4. The molecule has 10 nitrogen and oxygen atoms in total. The number of aromatic nitrogens is 2. The highest BCUT2D eigenvalue weighted by atomic mass is 19.4. The molecular formula is C14H15F3N2O8. The summed E-state index contributed by atoms with van der Waals surface area (Å²) in [5.74, 6) is -3.40. The number of nitrogens with one attached hydrogen (secondary N) is 1. The predicted molar refractivity (Wildman–Crippen MR) is 78.4 cm³/mol. The Balaban J connectivity index is 2.40. The molecule has 27 heavy (non-hydrogen) atoms. The standard InChI is InChI=1S/C14H15F3N2O8/c1-6(20)25-5-7-9(27-11(22)14(15,16)17)13(2,24)10(26-7)19-4-3-8(21)18-12(19)23/h3-4,7,9-10,24H,5H2,1-2H3,(H,18,21,23)/t7-,9-,10?,13+/m1/s1. The third-order valence-electron chi connectivity index (χ3n) is 3.74. The molecule has 0 radical (unpaired) electrons. The van der Waals surface area contributed by atoms with Crippen molar-refractivity contribution >= 4 is 11.9 Å². The Morgan fingerprint density at radius 2 is 2.04 bits per heavy atom. The van der Waals surface area contributed by atoms with E-state index < -0.39 is 60.0 Å². The normalized spacial score (nSPS) is 28.0. The second-order valence-corrected chi connectivity index (χ2v) is 5.90. The summed E-state index contributed by atoms with van der Waals surface area (Å²) >= 11 is 0. The average molecular weight is 396 g/mol.